The molecule has 2 heterocycles. The molecule has 25 heavy (non-hydrogen) atoms. The van der Waals surface area contributed by atoms with Gasteiger partial charge in [0.2, 0.25) is 5.88 Å². The average Bonchev–Trinajstić information content (AvgIpc) is 3.16. The molecule has 3 aromatic rings. The number of benzene rings is 1. The Balaban J connectivity index is 1.68. The Bertz CT molecular complexity index is 775. The number of H-pyrrole nitrogens is 1. The molecule has 2 aromatic heterocycles. The van der Waals surface area contributed by atoms with Gasteiger partial charge >= 0.3 is 0 Å². The van der Waals surface area contributed by atoms with Crippen molar-refractivity contribution in [3.05, 3.63) is 66.1 Å². The predicted octanol–water partition coefficient (Wildman–Crippen LogP) is 3.68. The van der Waals surface area contributed by atoms with Crippen LogP contribution in [0.4, 0.5) is 0 Å². The smallest absolute Gasteiger partial charge is 0.223 e. The van der Waals surface area contributed by atoms with Crippen LogP contribution in [-0.2, 0) is 13.1 Å². The van der Waals surface area contributed by atoms with E-state index in [1.807, 2.05) is 42.5 Å². The molecular formula is C19H22N4O2. The number of hydrogen-bond donors (Lipinski definition) is 2. The zero-order chi connectivity index (χ0) is 17.3. The first-order chi connectivity index (χ1) is 12.4. The molecule has 0 saturated carbocycles. The molecule has 0 unspecified atom stereocenters. The lowest BCUT2D eigenvalue weighted by atomic mass is 10.2. The molecule has 6 nitrogen and oxygen atoms in total. The lowest BCUT2D eigenvalue weighted by Crippen LogP contribution is -2.14. The summed E-state index contributed by atoms with van der Waals surface area (Å²) in [6.45, 7) is 4.07. The molecule has 0 amide bonds. The lowest BCUT2D eigenvalue weighted by molar-refractivity contribution is 0.300. The fraction of sp³-hybridized carbons (Fsp3) is 0.263. The lowest BCUT2D eigenvalue weighted by Gasteiger charge is -2.13. The number of ether oxygens (including phenoxy) is 2. The van der Waals surface area contributed by atoms with Gasteiger partial charge in [-0.3, -0.25) is 5.10 Å². The van der Waals surface area contributed by atoms with Gasteiger partial charge in [-0.25, -0.2) is 4.98 Å². The van der Waals surface area contributed by atoms with E-state index in [0.717, 1.165) is 23.4 Å². The molecule has 130 valence electrons. The first-order valence-electron chi connectivity index (χ1n) is 8.39. The van der Waals surface area contributed by atoms with Gasteiger partial charge in [0.1, 0.15) is 0 Å². The highest BCUT2D eigenvalue weighted by Gasteiger charge is 2.10. The van der Waals surface area contributed by atoms with E-state index in [9.17, 15) is 0 Å². The van der Waals surface area contributed by atoms with Gasteiger partial charge in [0.15, 0.2) is 11.5 Å². The van der Waals surface area contributed by atoms with Gasteiger partial charge in [0.25, 0.3) is 0 Å². The van der Waals surface area contributed by atoms with Crippen molar-refractivity contribution in [2.24, 2.45) is 0 Å². The maximum atomic E-state index is 6.03. The van der Waals surface area contributed by atoms with E-state index in [1.165, 1.54) is 0 Å². The van der Waals surface area contributed by atoms with Gasteiger partial charge in [-0.05, 0) is 30.7 Å². The minimum absolute atomic E-state index is 0.576. The summed E-state index contributed by atoms with van der Waals surface area (Å²) in [6.07, 6.45) is 4.41. The van der Waals surface area contributed by atoms with Gasteiger partial charge in [-0.1, -0.05) is 25.1 Å². The van der Waals surface area contributed by atoms with Crippen LogP contribution in [0.1, 0.15) is 24.6 Å². The summed E-state index contributed by atoms with van der Waals surface area (Å²) >= 11 is 0. The van der Waals surface area contributed by atoms with Crippen LogP contribution in [0.25, 0.3) is 0 Å². The zero-order valence-corrected chi connectivity index (χ0v) is 14.2. The van der Waals surface area contributed by atoms with E-state index in [-0.39, 0.29) is 0 Å². The fourth-order valence-electron chi connectivity index (χ4n) is 2.34. The number of nitrogens with zero attached hydrogens (tertiary/aromatic N) is 2. The third kappa shape index (κ3) is 4.81. The van der Waals surface area contributed by atoms with Crippen molar-refractivity contribution < 1.29 is 9.47 Å². The van der Waals surface area contributed by atoms with Crippen LogP contribution in [0.15, 0.2) is 54.9 Å². The van der Waals surface area contributed by atoms with Crippen LogP contribution in [0.3, 0.4) is 0 Å². The van der Waals surface area contributed by atoms with Crippen LogP contribution in [0.2, 0.25) is 0 Å². The molecule has 0 saturated heterocycles. The van der Waals surface area contributed by atoms with Crippen molar-refractivity contribution in [2.45, 2.75) is 26.4 Å². The van der Waals surface area contributed by atoms with Crippen molar-refractivity contribution in [2.75, 3.05) is 6.61 Å². The number of pyridine rings is 1. The van der Waals surface area contributed by atoms with Crippen LogP contribution >= 0.6 is 0 Å². The SMILES string of the molecule is CCCOc1ccccc1Oc1ncccc1CNCc1ccn[nH]1. The highest BCUT2D eigenvalue weighted by Crippen LogP contribution is 2.31. The Morgan fingerprint density at radius 2 is 1.88 bits per heavy atom. The number of aromatic amines is 1. The second-order valence-electron chi connectivity index (χ2n) is 5.55. The van der Waals surface area contributed by atoms with Crippen molar-refractivity contribution in [1.82, 2.24) is 20.5 Å². The summed E-state index contributed by atoms with van der Waals surface area (Å²) in [7, 11) is 0. The second kappa shape index (κ2) is 8.84. The van der Waals surface area contributed by atoms with Gasteiger partial charge in [0.05, 0.1) is 6.61 Å². The number of hydrogen-bond acceptors (Lipinski definition) is 5. The number of rotatable bonds is 9. The van der Waals surface area contributed by atoms with Crippen molar-refractivity contribution in [1.29, 1.82) is 0 Å². The molecule has 3 rings (SSSR count). The number of nitrogens with one attached hydrogen (secondary N) is 2. The second-order valence-corrected chi connectivity index (χ2v) is 5.55. The molecule has 0 atom stereocenters. The van der Waals surface area contributed by atoms with Gasteiger partial charge < -0.3 is 14.8 Å². The number of aromatic nitrogens is 3. The minimum Gasteiger partial charge on any atom is -0.490 e. The highest BCUT2D eigenvalue weighted by atomic mass is 16.5. The molecule has 0 aliphatic carbocycles. The monoisotopic (exact) mass is 338 g/mol. The summed E-state index contributed by atoms with van der Waals surface area (Å²) in [4.78, 5) is 4.37. The summed E-state index contributed by atoms with van der Waals surface area (Å²) in [5, 5.41) is 10.2. The summed E-state index contributed by atoms with van der Waals surface area (Å²) in [5.74, 6) is 1.97. The van der Waals surface area contributed by atoms with Crippen LogP contribution in [0, 0.1) is 0 Å². The van der Waals surface area contributed by atoms with E-state index in [2.05, 4.69) is 27.4 Å². The number of para-hydroxylation sites is 2. The fourth-order valence-corrected chi connectivity index (χ4v) is 2.34. The molecule has 0 radical (unpaired) electrons. The summed E-state index contributed by atoms with van der Waals surface area (Å²) in [6, 6.07) is 13.5. The molecule has 2 N–H and O–H groups in total. The van der Waals surface area contributed by atoms with E-state index in [1.54, 1.807) is 12.4 Å². The van der Waals surface area contributed by atoms with Gasteiger partial charge in [-0.2, -0.15) is 5.10 Å². The largest absolute Gasteiger partial charge is 0.490 e. The normalized spacial score (nSPS) is 10.6. The van der Waals surface area contributed by atoms with E-state index >= 15 is 0 Å². The molecule has 0 fully saturated rings. The average molecular weight is 338 g/mol. The Kier molecular flexibility index (Phi) is 6.01. The Labute approximate surface area is 147 Å². The standard InChI is InChI=1S/C19H22N4O2/c1-2-12-24-17-7-3-4-8-18(17)25-19-15(6-5-10-21-19)13-20-14-16-9-11-22-23-16/h3-11,20H,2,12-14H2,1H3,(H,22,23). The quantitative estimate of drug-likeness (QED) is 0.623. The van der Waals surface area contributed by atoms with Crippen molar-refractivity contribution in [3.63, 3.8) is 0 Å². The molecule has 0 aliphatic rings. The van der Waals surface area contributed by atoms with Gasteiger partial charge in [0, 0.05) is 36.7 Å². The maximum absolute atomic E-state index is 6.03. The minimum atomic E-state index is 0.576. The predicted molar refractivity (Wildman–Crippen MR) is 95.7 cm³/mol. The first kappa shape index (κ1) is 17.0. The third-order valence-electron chi connectivity index (χ3n) is 3.56. The van der Waals surface area contributed by atoms with Crippen LogP contribution in [-0.4, -0.2) is 21.8 Å². The molecule has 0 bridgehead atoms. The summed E-state index contributed by atoms with van der Waals surface area (Å²) < 4.78 is 11.8. The first-order valence-corrected chi connectivity index (χ1v) is 8.39. The van der Waals surface area contributed by atoms with Crippen molar-refractivity contribution in [3.8, 4) is 17.4 Å². The summed E-state index contributed by atoms with van der Waals surface area (Å²) in [5.41, 5.74) is 2.01. The Morgan fingerprint density at radius 3 is 2.68 bits per heavy atom. The molecule has 0 spiro atoms. The van der Waals surface area contributed by atoms with Crippen LogP contribution < -0.4 is 14.8 Å². The Morgan fingerprint density at radius 1 is 1.00 bits per heavy atom. The zero-order valence-electron chi connectivity index (χ0n) is 14.2. The van der Waals surface area contributed by atoms with Crippen molar-refractivity contribution >= 4 is 0 Å². The van der Waals surface area contributed by atoms with Crippen LogP contribution in [0.5, 0.6) is 17.4 Å². The molecule has 1 aromatic carbocycles. The maximum Gasteiger partial charge on any atom is 0.223 e. The molecular weight excluding hydrogens is 316 g/mol. The van der Waals surface area contributed by atoms with E-state index in [4.69, 9.17) is 9.47 Å². The Hall–Kier alpha value is -2.86. The topological polar surface area (TPSA) is 72.1 Å². The van der Waals surface area contributed by atoms with E-state index < -0.39 is 0 Å². The van der Waals surface area contributed by atoms with Gasteiger partial charge in [-0.15, -0.1) is 0 Å². The third-order valence-corrected chi connectivity index (χ3v) is 3.56. The molecule has 6 heteroatoms. The van der Waals surface area contributed by atoms with E-state index in [0.29, 0.717) is 31.3 Å². The molecule has 0 aliphatic heterocycles. The highest BCUT2D eigenvalue weighted by molar-refractivity contribution is 5.42.